The van der Waals surface area contributed by atoms with Crippen molar-refractivity contribution in [3.63, 3.8) is 0 Å². The molecular weight excluding hydrogens is 160 g/mol. The average molecular weight is 184 g/mol. The van der Waals surface area contributed by atoms with Crippen LogP contribution in [0, 0.1) is 5.41 Å². The van der Waals surface area contributed by atoms with Gasteiger partial charge in [0.25, 0.3) is 0 Å². The van der Waals surface area contributed by atoms with Crippen molar-refractivity contribution in [2.45, 2.75) is 65.4 Å². The summed E-state index contributed by atoms with van der Waals surface area (Å²) in [6.45, 7) is 10.2. The first-order valence-electron chi connectivity index (χ1n) is 5.78. The van der Waals surface area contributed by atoms with Crippen LogP contribution in [0.25, 0.3) is 0 Å². The van der Waals surface area contributed by atoms with Crippen LogP contribution in [0.3, 0.4) is 0 Å². The van der Waals surface area contributed by atoms with Crippen molar-refractivity contribution in [3.05, 3.63) is 0 Å². The molecule has 1 fully saturated rings. The van der Waals surface area contributed by atoms with Crippen LogP contribution in [-0.4, -0.2) is 12.2 Å². The molecule has 78 valence electrons. The van der Waals surface area contributed by atoms with Crippen LogP contribution >= 0.6 is 0 Å². The van der Waals surface area contributed by atoms with Crippen molar-refractivity contribution in [2.75, 3.05) is 6.61 Å². The van der Waals surface area contributed by atoms with Crippen LogP contribution in [0.2, 0.25) is 0 Å². The summed E-state index contributed by atoms with van der Waals surface area (Å²) in [5.74, 6) is 0. The Hall–Kier alpha value is -0.0400. The Labute approximate surface area is 82.9 Å². The fraction of sp³-hybridized carbons (Fsp3) is 1.00. The van der Waals surface area contributed by atoms with E-state index < -0.39 is 0 Å². The molecule has 13 heavy (non-hydrogen) atoms. The third-order valence-electron chi connectivity index (χ3n) is 4.27. The zero-order valence-corrected chi connectivity index (χ0v) is 9.65. The lowest BCUT2D eigenvalue weighted by Gasteiger charge is -2.51. The molecule has 1 atom stereocenters. The Morgan fingerprint density at radius 1 is 1.08 bits per heavy atom. The molecule has 0 N–H and O–H groups in total. The second kappa shape index (κ2) is 4.00. The minimum absolute atomic E-state index is 0.167. The molecule has 1 rings (SSSR count). The van der Waals surface area contributed by atoms with E-state index in [4.69, 9.17) is 4.74 Å². The van der Waals surface area contributed by atoms with Crippen LogP contribution in [-0.2, 0) is 4.74 Å². The SMILES string of the molecule is CCC1(C)CCCOC1(CC)CC. The van der Waals surface area contributed by atoms with Gasteiger partial charge in [0.15, 0.2) is 0 Å². The Morgan fingerprint density at radius 3 is 2.08 bits per heavy atom. The maximum absolute atomic E-state index is 6.07. The lowest BCUT2D eigenvalue weighted by molar-refractivity contribution is -0.170. The zero-order chi connectivity index (χ0) is 9.95. The van der Waals surface area contributed by atoms with Crippen LogP contribution < -0.4 is 0 Å². The molecule has 1 heteroatoms. The van der Waals surface area contributed by atoms with Crippen LogP contribution in [0.4, 0.5) is 0 Å². The van der Waals surface area contributed by atoms with Crippen LogP contribution in [0.15, 0.2) is 0 Å². The molecule has 0 saturated carbocycles. The standard InChI is InChI=1S/C12H24O/c1-5-11(4)9-8-10-13-12(11,6-2)7-3/h5-10H2,1-4H3. The highest BCUT2D eigenvalue weighted by Gasteiger charge is 2.47. The smallest absolute Gasteiger partial charge is 0.0730 e. The van der Waals surface area contributed by atoms with E-state index in [-0.39, 0.29) is 5.60 Å². The van der Waals surface area contributed by atoms with Gasteiger partial charge in [0.05, 0.1) is 5.60 Å². The second-order valence-corrected chi connectivity index (χ2v) is 4.57. The molecule has 0 aromatic heterocycles. The summed E-state index contributed by atoms with van der Waals surface area (Å²) in [5.41, 5.74) is 0.578. The van der Waals surface area contributed by atoms with E-state index in [1.165, 1.54) is 19.3 Å². The van der Waals surface area contributed by atoms with Gasteiger partial charge in [0.2, 0.25) is 0 Å². The predicted molar refractivity (Wildman–Crippen MR) is 56.9 cm³/mol. The normalized spacial score (nSPS) is 33.2. The quantitative estimate of drug-likeness (QED) is 0.648. The first-order valence-corrected chi connectivity index (χ1v) is 5.78. The molecule has 0 radical (unpaired) electrons. The van der Waals surface area contributed by atoms with Crippen LogP contribution in [0.1, 0.15) is 59.8 Å². The van der Waals surface area contributed by atoms with Crippen molar-refractivity contribution in [2.24, 2.45) is 5.41 Å². The summed E-state index contributed by atoms with van der Waals surface area (Å²) in [6.07, 6.45) is 6.15. The summed E-state index contributed by atoms with van der Waals surface area (Å²) in [7, 11) is 0. The van der Waals surface area contributed by atoms with Crippen molar-refractivity contribution >= 4 is 0 Å². The first kappa shape index (κ1) is 11.0. The fourth-order valence-corrected chi connectivity index (χ4v) is 2.94. The molecule has 1 heterocycles. The Bertz CT molecular complexity index is 161. The van der Waals surface area contributed by atoms with E-state index in [0.717, 1.165) is 19.4 Å². The van der Waals surface area contributed by atoms with Gasteiger partial charge < -0.3 is 4.74 Å². The van der Waals surface area contributed by atoms with E-state index in [1.54, 1.807) is 0 Å². The van der Waals surface area contributed by atoms with E-state index in [0.29, 0.717) is 5.41 Å². The molecule has 1 aliphatic rings. The lowest BCUT2D eigenvalue weighted by Crippen LogP contribution is -2.50. The fourth-order valence-electron chi connectivity index (χ4n) is 2.94. The molecule has 0 aromatic rings. The second-order valence-electron chi connectivity index (χ2n) is 4.57. The van der Waals surface area contributed by atoms with Gasteiger partial charge in [0.1, 0.15) is 0 Å². The van der Waals surface area contributed by atoms with Crippen LogP contribution in [0.5, 0.6) is 0 Å². The number of rotatable bonds is 3. The minimum Gasteiger partial charge on any atom is -0.374 e. The summed E-state index contributed by atoms with van der Waals surface area (Å²) in [6, 6.07) is 0. The summed E-state index contributed by atoms with van der Waals surface area (Å²) < 4.78 is 6.07. The van der Waals surface area contributed by atoms with Crippen molar-refractivity contribution in [3.8, 4) is 0 Å². The molecule has 1 saturated heterocycles. The Kier molecular flexibility index (Phi) is 3.39. The topological polar surface area (TPSA) is 9.23 Å². The Balaban J connectivity index is 2.87. The molecule has 1 unspecified atom stereocenters. The largest absolute Gasteiger partial charge is 0.374 e. The summed E-state index contributed by atoms with van der Waals surface area (Å²) >= 11 is 0. The van der Waals surface area contributed by atoms with E-state index in [1.807, 2.05) is 0 Å². The average Bonchev–Trinajstić information content (AvgIpc) is 2.19. The molecule has 0 amide bonds. The van der Waals surface area contributed by atoms with Gasteiger partial charge in [-0.15, -0.1) is 0 Å². The lowest BCUT2D eigenvalue weighted by atomic mass is 9.64. The third-order valence-corrected chi connectivity index (χ3v) is 4.27. The van der Waals surface area contributed by atoms with Gasteiger partial charge in [-0.3, -0.25) is 0 Å². The molecule has 0 aromatic carbocycles. The number of ether oxygens (including phenoxy) is 1. The predicted octanol–water partition coefficient (Wildman–Crippen LogP) is 3.77. The molecule has 0 aliphatic carbocycles. The van der Waals surface area contributed by atoms with Gasteiger partial charge in [-0.05, 0) is 37.5 Å². The van der Waals surface area contributed by atoms with Gasteiger partial charge in [-0.25, -0.2) is 0 Å². The maximum Gasteiger partial charge on any atom is 0.0730 e. The van der Waals surface area contributed by atoms with Crippen molar-refractivity contribution in [1.29, 1.82) is 0 Å². The highest BCUT2D eigenvalue weighted by molar-refractivity contribution is 4.97. The molecule has 1 nitrogen and oxygen atoms in total. The Morgan fingerprint density at radius 2 is 1.69 bits per heavy atom. The zero-order valence-electron chi connectivity index (χ0n) is 9.65. The summed E-state index contributed by atoms with van der Waals surface area (Å²) in [4.78, 5) is 0. The van der Waals surface area contributed by atoms with Gasteiger partial charge in [-0.1, -0.05) is 27.7 Å². The molecule has 0 bridgehead atoms. The minimum atomic E-state index is 0.167. The van der Waals surface area contributed by atoms with E-state index >= 15 is 0 Å². The highest BCUT2D eigenvalue weighted by atomic mass is 16.5. The van der Waals surface area contributed by atoms with E-state index in [9.17, 15) is 0 Å². The first-order chi connectivity index (χ1) is 6.14. The maximum atomic E-state index is 6.07. The number of hydrogen-bond donors (Lipinski definition) is 0. The number of hydrogen-bond acceptors (Lipinski definition) is 1. The third kappa shape index (κ3) is 1.63. The van der Waals surface area contributed by atoms with Gasteiger partial charge in [-0.2, -0.15) is 0 Å². The van der Waals surface area contributed by atoms with E-state index in [2.05, 4.69) is 27.7 Å². The molecule has 1 aliphatic heterocycles. The van der Waals surface area contributed by atoms with Gasteiger partial charge >= 0.3 is 0 Å². The van der Waals surface area contributed by atoms with Crippen molar-refractivity contribution in [1.82, 2.24) is 0 Å². The monoisotopic (exact) mass is 184 g/mol. The van der Waals surface area contributed by atoms with Gasteiger partial charge in [0, 0.05) is 6.61 Å². The van der Waals surface area contributed by atoms with Crippen molar-refractivity contribution < 1.29 is 4.74 Å². The molecule has 0 spiro atoms. The highest BCUT2D eigenvalue weighted by Crippen LogP contribution is 2.48. The summed E-state index contributed by atoms with van der Waals surface area (Å²) in [5, 5.41) is 0. The molecular formula is C12H24O.